The summed E-state index contributed by atoms with van der Waals surface area (Å²) in [5, 5.41) is 0. The first-order chi connectivity index (χ1) is 24.4. The van der Waals surface area contributed by atoms with E-state index in [9.17, 15) is 14.4 Å². The highest BCUT2D eigenvalue weighted by Crippen LogP contribution is 2.67. The van der Waals surface area contributed by atoms with Gasteiger partial charge in [-0.3, -0.25) is 4.79 Å². The highest BCUT2D eigenvalue weighted by atomic mass is 16.6. The maximum absolute atomic E-state index is 13.1. The Morgan fingerprint density at radius 3 is 2.37 bits per heavy atom. The van der Waals surface area contributed by atoms with Gasteiger partial charge in [0.1, 0.15) is 23.2 Å². The van der Waals surface area contributed by atoms with E-state index < -0.39 is 17.9 Å². The van der Waals surface area contributed by atoms with Gasteiger partial charge in [-0.25, -0.2) is 9.59 Å². The molecule has 0 aromatic heterocycles. The normalized spacial score (nSPS) is 30.5. The van der Waals surface area contributed by atoms with Crippen LogP contribution >= 0.6 is 0 Å². The molecule has 0 aliphatic heterocycles. The van der Waals surface area contributed by atoms with Crippen molar-refractivity contribution >= 4 is 24.0 Å². The van der Waals surface area contributed by atoms with Crippen molar-refractivity contribution in [3.05, 3.63) is 77.4 Å². The smallest absolute Gasteiger partial charge is 0.347 e. The van der Waals surface area contributed by atoms with Crippen molar-refractivity contribution in [2.24, 2.45) is 46.3 Å². The predicted octanol–water partition coefficient (Wildman–Crippen LogP) is 10.8. The zero-order valence-electron chi connectivity index (χ0n) is 31.6. The van der Waals surface area contributed by atoms with Crippen molar-refractivity contribution in [3.8, 4) is 11.5 Å². The fraction of sp³-hybridized carbons (Fsp3) is 0.578. The monoisotopic (exact) mass is 694 g/mol. The first kappa shape index (κ1) is 37.1. The fourth-order valence-corrected chi connectivity index (χ4v) is 10.9. The number of hydrogen-bond acceptors (Lipinski definition) is 6. The highest BCUT2D eigenvalue weighted by molar-refractivity contribution is 5.95. The number of para-hydroxylation sites is 2. The molecule has 4 aliphatic carbocycles. The summed E-state index contributed by atoms with van der Waals surface area (Å²) in [4.78, 5) is 37.7. The molecule has 0 amide bonds. The quantitative estimate of drug-likeness (QED) is 0.101. The molecule has 2 aromatic rings. The second-order valence-electron chi connectivity index (χ2n) is 16.9. The first-order valence-corrected chi connectivity index (χ1v) is 19.6. The number of carbonyl (C=O) groups excluding carboxylic acids is 3. The van der Waals surface area contributed by atoms with Crippen molar-refractivity contribution in [1.82, 2.24) is 0 Å². The summed E-state index contributed by atoms with van der Waals surface area (Å²) in [7, 11) is 0. The SMILES string of the molecule is CC(=O)Oc1ccccc1C(=O)Oc1ccccc1C=CC(=O)OC1CCC2(C)C(=CCC3C2CCC2(C)C(C(C)CCCC(C)C)CCC32)C1. The third-order valence-electron chi connectivity index (χ3n) is 13.4. The summed E-state index contributed by atoms with van der Waals surface area (Å²) in [6.07, 6.45) is 19.0. The molecule has 0 radical (unpaired) electrons. The van der Waals surface area contributed by atoms with E-state index in [0.29, 0.717) is 11.0 Å². The van der Waals surface area contributed by atoms with Crippen LogP contribution in [0, 0.1) is 46.3 Å². The Morgan fingerprint density at radius 2 is 1.61 bits per heavy atom. The van der Waals surface area contributed by atoms with E-state index in [0.717, 1.165) is 54.8 Å². The highest BCUT2D eigenvalue weighted by Gasteiger charge is 2.59. The van der Waals surface area contributed by atoms with E-state index in [1.54, 1.807) is 48.5 Å². The number of ether oxygens (including phenoxy) is 3. The topological polar surface area (TPSA) is 78.9 Å². The zero-order chi connectivity index (χ0) is 36.3. The molecule has 0 saturated heterocycles. The third-order valence-corrected chi connectivity index (χ3v) is 13.4. The number of hydrogen-bond donors (Lipinski definition) is 0. The Bertz CT molecular complexity index is 1650. The molecule has 0 heterocycles. The number of rotatable bonds is 11. The van der Waals surface area contributed by atoms with Crippen molar-refractivity contribution < 1.29 is 28.6 Å². The number of esters is 3. The Labute approximate surface area is 305 Å². The van der Waals surface area contributed by atoms with Crippen LogP contribution in [0.3, 0.4) is 0 Å². The van der Waals surface area contributed by atoms with E-state index >= 15 is 0 Å². The van der Waals surface area contributed by atoms with E-state index in [1.807, 2.05) is 6.07 Å². The molecule has 51 heavy (non-hydrogen) atoms. The number of allylic oxidation sites excluding steroid dienone is 1. The van der Waals surface area contributed by atoms with Crippen LogP contribution in [0.15, 0.2) is 66.3 Å². The molecule has 274 valence electrons. The van der Waals surface area contributed by atoms with Crippen molar-refractivity contribution in [2.45, 2.75) is 118 Å². The van der Waals surface area contributed by atoms with Crippen LogP contribution in [0.4, 0.5) is 0 Å². The van der Waals surface area contributed by atoms with Gasteiger partial charge in [-0.15, -0.1) is 0 Å². The van der Waals surface area contributed by atoms with Gasteiger partial charge >= 0.3 is 17.9 Å². The molecule has 8 atom stereocenters. The van der Waals surface area contributed by atoms with Gasteiger partial charge in [-0.1, -0.05) is 95.9 Å². The molecule has 3 saturated carbocycles. The van der Waals surface area contributed by atoms with Gasteiger partial charge in [0.15, 0.2) is 0 Å². The largest absolute Gasteiger partial charge is 0.459 e. The summed E-state index contributed by atoms with van der Waals surface area (Å²) in [6, 6.07) is 13.4. The lowest BCUT2D eigenvalue weighted by atomic mass is 9.47. The van der Waals surface area contributed by atoms with Crippen molar-refractivity contribution in [2.75, 3.05) is 0 Å². The van der Waals surface area contributed by atoms with Crippen LogP contribution in [0.1, 0.15) is 128 Å². The van der Waals surface area contributed by atoms with Crippen LogP contribution in [0.2, 0.25) is 0 Å². The van der Waals surface area contributed by atoms with E-state index in [2.05, 4.69) is 40.7 Å². The van der Waals surface area contributed by atoms with Crippen LogP contribution < -0.4 is 9.47 Å². The summed E-state index contributed by atoms with van der Waals surface area (Å²) in [6.45, 7) is 13.7. The minimum Gasteiger partial charge on any atom is -0.459 e. The first-order valence-electron chi connectivity index (χ1n) is 19.6. The Morgan fingerprint density at radius 1 is 0.863 bits per heavy atom. The maximum atomic E-state index is 13.1. The maximum Gasteiger partial charge on any atom is 0.347 e. The molecule has 3 fully saturated rings. The number of benzene rings is 2. The molecule has 4 aliphatic rings. The molecule has 0 bridgehead atoms. The zero-order valence-corrected chi connectivity index (χ0v) is 31.6. The van der Waals surface area contributed by atoms with Crippen LogP contribution in [-0.2, 0) is 14.3 Å². The van der Waals surface area contributed by atoms with Crippen LogP contribution in [-0.4, -0.2) is 24.0 Å². The van der Waals surface area contributed by atoms with Crippen LogP contribution in [0.25, 0.3) is 6.08 Å². The van der Waals surface area contributed by atoms with E-state index in [1.165, 1.54) is 69.9 Å². The van der Waals surface area contributed by atoms with Crippen molar-refractivity contribution in [1.29, 1.82) is 0 Å². The fourth-order valence-electron chi connectivity index (χ4n) is 10.9. The molecule has 6 heteroatoms. The molecule has 0 N–H and O–H groups in total. The predicted molar refractivity (Wildman–Crippen MR) is 201 cm³/mol. The minimum absolute atomic E-state index is 0.130. The van der Waals surface area contributed by atoms with Gasteiger partial charge in [0, 0.05) is 25.0 Å². The second-order valence-corrected chi connectivity index (χ2v) is 16.9. The molecule has 2 aromatic carbocycles. The Balaban J connectivity index is 1.06. The summed E-state index contributed by atoms with van der Waals surface area (Å²) in [5.74, 6) is 3.64. The van der Waals surface area contributed by atoms with E-state index in [-0.39, 0.29) is 28.6 Å². The lowest BCUT2D eigenvalue weighted by Crippen LogP contribution is -2.51. The average Bonchev–Trinajstić information content (AvgIpc) is 3.45. The van der Waals surface area contributed by atoms with Gasteiger partial charge in [0.05, 0.1) is 0 Å². The minimum atomic E-state index is -0.662. The number of fused-ring (bicyclic) bond motifs is 5. The second kappa shape index (κ2) is 15.5. The molecule has 0 spiro atoms. The van der Waals surface area contributed by atoms with Gasteiger partial charge in [-0.05, 0) is 116 Å². The van der Waals surface area contributed by atoms with Crippen molar-refractivity contribution in [3.63, 3.8) is 0 Å². The van der Waals surface area contributed by atoms with Gasteiger partial charge in [0.25, 0.3) is 0 Å². The summed E-state index contributed by atoms with van der Waals surface area (Å²) in [5.41, 5.74) is 2.87. The summed E-state index contributed by atoms with van der Waals surface area (Å²) < 4.78 is 16.9. The molecular weight excluding hydrogens is 636 g/mol. The Kier molecular flexibility index (Phi) is 11.3. The third kappa shape index (κ3) is 7.90. The average molecular weight is 695 g/mol. The molecule has 8 unspecified atom stereocenters. The lowest BCUT2D eigenvalue weighted by Gasteiger charge is -2.58. The molecule has 6 rings (SSSR count). The van der Waals surface area contributed by atoms with Gasteiger partial charge < -0.3 is 14.2 Å². The van der Waals surface area contributed by atoms with Gasteiger partial charge in [-0.2, -0.15) is 0 Å². The Hall–Kier alpha value is -3.67. The number of carbonyl (C=O) groups is 3. The standard InChI is InChI=1S/C45H58O6/c1-29(2)12-11-13-30(3)37-21-22-38-35-20-19-33-28-34(24-26-44(33,5)39(35)25-27-45(37,38)6)50-42(47)23-18-32-14-7-9-16-40(32)51-43(48)36-15-8-10-17-41(36)49-31(4)46/h7-10,14-19,23,29-30,34-35,37-39H,11-13,20-22,24-28H2,1-6H3. The van der Waals surface area contributed by atoms with Gasteiger partial charge in [0.2, 0.25) is 0 Å². The summed E-state index contributed by atoms with van der Waals surface area (Å²) >= 11 is 0. The van der Waals surface area contributed by atoms with E-state index in [4.69, 9.17) is 14.2 Å². The molecular formula is C45H58O6. The van der Waals surface area contributed by atoms with Crippen LogP contribution in [0.5, 0.6) is 11.5 Å². The lowest BCUT2D eigenvalue weighted by molar-refractivity contribution is -0.145. The molecule has 6 nitrogen and oxygen atoms in total.